The summed E-state index contributed by atoms with van der Waals surface area (Å²) >= 11 is 0. The van der Waals surface area contributed by atoms with E-state index in [2.05, 4.69) is 22.1 Å². The Labute approximate surface area is 76.8 Å². The van der Waals surface area contributed by atoms with E-state index in [1.807, 2.05) is 30.6 Å². The smallest absolute Gasteiger partial charge is 0.0490 e. The van der Waals surface area contributed by atoms with Gasteiger partial charge in [-0.15, -0.1) is 0 Å². The fourth-order valence-corrected chi connectivity index (χ4v) is 1.34. The maximum atomic E-state index is 3.98. The van der Waals surface area contributed by atoms with E-state index in [0.29, 0.717) is 5.92 Å². The third-order valence-electron chi connectivity index (χ3n) is 2.19. The molecule has 1 atom stereocenters. The van der Waals surface area contributed by atoms with Crippen molar-refractivity contribution < 1.29 is 0 Å². The molecule has 66 valence electrons. The van der Waals surface area contributed by atoms with Gasteiger partial charge in [0, 0.05) is 30.2 Å². The van der Waals surface area contributed by atoms with Gasteiger partial charge in [-0.3, -0.25) is 10.1 Å². The number of aromatic amines is 1. The standard InChI is InChI=1S/C10H11N3/c1-8(10-4-7-12-13-10)9-2-5-11-6-3-9/h2-8H,1H3,(H,12,13). The molecule has 0 spiro atoms. The zero-order valence-corrected chi connectivity index (χ0v) is 7.44. The van der Waals surface area contributed by atoms with Crippen LogP contribution >= 0.6 is 0 Å². The van der Waals surface area contributed by atoms with Crippen molar-refractivity contribution in [2.75, 3.05) is 0 Å². The number of rotatable bonds is 2. The molecule has 0 aliphatic heterocycles. The number of nitrogens with zero attached hydrogens (tertiary/aromatic N) is 2. The van der Waals surface area contributed by atoms with E-state index in [-0.39, 0.29) is 0 Å². The van der Waals surface area contributed by atoms with Crippen LogP contribution < -0.4 is 0 Å². The van der Waals surface area contributed by atoms with Gasteiger partial charge in [0.15, 0.2) is 0 Å². The average molecular weight is 173 g/mol. The zero-order valence-electron chi connectivity index (χ0n) is 7.44. The van der Waals surface area contributed by atoms with Crippen LogP contribution in [0.25, 0.3) is 0 Å². The van der Waals surface area contributed by atoms with Crippen LogP contribution in [0.15, 0.2) is 36.8 Å². The van der Waals surface area contributed by atoms with Crippen molar-refractivity contribution in [3.63, 3.8) is 0 Å². The quantitative estimate of drug-likeness (QED) is 0.754. The van der Waals surface area contributed by atoms with Gasteiger partial charge in [0.05, 0.1) is 0 Å². The van der Waals surface area contributed by atoms with Crippen LogP contribution in [0, 0.1) is 0 Å². The molecule has 3 heteroatoms. The molecule has 0 saturated carbocycles. The minimum Gasteiger partial charge on any atom is -0.282 e. The van der Waals surface area contributed by atoms with E-state index >= 15 is 0 Å². The number of nitrogens with one attached hydrogen (secondary N) is 1. The predicted molar refractivity (Wildman–Crippen MR) is 50.3 cm³/mol. The summed E-state index contributed by atoms with van der Waals surface area (Å²) in [6.07, 6.45) is 5.39. The first kappa shape index (κ1) is 7.98. The molecule has 2 aromatic heterocycles. The molecule has 2 heterocycles. The summed E-state index contributed by atoms with van der Waals surface area (Å²) in [5, 5.41) is 6.89. The Morgan fingerprint density at radius 1 is 1.15 bits per heavy atom. The molecule has 0 radical (unpaired) electrons. The molecule has 1 unspecified atom stereocenters. The van der Waals surface area contributed by atoms with Crippen molar-refractivity contribution in [2.24, 2.45) is 0 Å². The number of H-pyrrole nitrogens is 1. The summed E-state index contributed by atoms with van der Waals surface area (Å²) in [4.78, 5) is 3.98. The molecule has 0 saturated heterocycles. The van der Waals surface area contributed by atoms with E-state index < -0.39 is 0 Å². The Morgan fingerprint density at radius 2 is 1.92 bits per heavy atom. The highest BCUT2D eigenvalue weighted by molar-refractivity contribution is 5.24. The lowest BCUT2D eigenvalue weighted by molar-refractivity contribution is 0.851. The van der Waals surface area contributed by atoms with Crippen molar-refractivity contribution in [1.29, 1.82) is 0 Å². The van der Waals surface area contributed by atoms with Crippen LogP contribution in [0.4, 0.5) is 0 Å². The van der Waals surface area contributed by atoms with Gasteiger partial charge in [0.25, 0.3) is 0 Å². The van der Waals surface area contributed by atoms with Crippen molar-refractivity contribution in [2.45, 2.75) is 12.8 Å². The number of pyridine rings is 1. The second kappa shape index (κ2) is 3.39. The molecule has 0 aliphatic rings. The second-order valence-electron chi connectivity index (χ2n) is 3.01. The zero-order chi connectivity index (χ0) is 9.10. The lowest BCUT2D eigenvalue weighted by Gasteiger charge is -2.08. The van der Waals surface area contributed by atoms with E-state index in [1.54, 1.807) is 6.20 Å². The Morgan fingerprint density at radius 3 is 2.54 bits per heavy atom. The lowest BCUT2D eigenvalue weighted by atomic mass is 9.99. The molecule has 0 bridgehead atoms. The van der Waals surface area contributed by atoms with Gasteiger partial charge in [0.2, 0.25) is 0 Å². The van der Waals surface area contributed by atoms with Gasteiger partial charge in [-0.1, -0.05) is 6.92 Å². The lowest BCUT2D eigenvalue weighted by Crippen LogP contribution is -1.96. The number of hydrogen-bond acceptors (Lipinski definition) is 2. The monoisotopic (exact) mass is 173 g/mol. The van der Waals surface area contributed by atoms with Crippen LogP contribution in [-0.4, -0.2) is 15.2 Å². The topological polar surface area (TPSA) is 41.6 Å². The molecule has 2 rings (SSSR count). The van der Waals surface area contributed by atoms with Crippen molar-refractivity contribution in [3.8, 4) is 0 Å². The van der Waals surface area contributed by atoms with Gasteiger partial charge < -0.3 is 0 Å². The summed E-state index contributed by atoms with van der Waals surface area (Å²) in [5.74, 6) is 0.352. The summed E-state index contributed by atoms with van der Waals surface area (Å²) < 4.78 is 0. The normalized spacial score (nSPS) is 12.7. The molecular weight excluding hydrogens is 162 g/mol. The Balaban J connectivity index is 2.29. The molecule has 3 nitrogen and oxygen atoms in total. The third kappa shape index (κ3) is 1.59. The minimum atomic E-state index is 0.352. The largest absolute Gasteiger partial charge is 0.282 e. The van der Waals surface area contributed by atoms with Crippen molar-refractivity contribution in [1.82, 2.24) is 15.2 Å². The van der Waals surface area contributed by atoms with Crippen LogP contribution in [0.2, 0.25) is 0 Å². The summed E-state index contributed by atoms with van der Waals surface area (Å²) in [5.41, 5.74) is 2.38. The average Bonchev–Trinajstić information content (AvgIpc) is 2.71. The highest BCUT2D eigenvalue weighted by Gasteiger charge is 2.08. The first-order chi connectivity index (χ1) is 6.38. The maximum Gasteiger partial charge on any atom is 0.0490 e. The van der Waals surface area contributed by atoms with Crippen LogP contribution in [-0.2, 0) is 0 Å². The van der Waals surface area contributed by atoms with Gasteiger partial charge in [-0.2, -0.15) is 5.10 Å². The summed E-state index contributed by atoms with van der Waals surface area (Å²) in [6, 6.07) is 6.03. The molecular formula is C10H11N3. The molecule has 0 fully saturated rings. The van der Waals surface area contributed by atoms with E-state index in [1.165, 1.54) is 5.56 Å². The Kier molecular flexibility index (Phi) is 2.08. The third-order valence-corrected chi connectivity index (χ3v) is 2.19. The highest BCUT2D eigenvalue weighted by atomic mass is 15.1. The highest BCUT2D eigenvalue weighted by Crippen LogP contribution is 2.20. The first-order valence-electron chi connectivity index (χ1n) is 4.27. The first-order valence-corrected chi connectivity index (χ1v) is 4.27. The maximum absolute atomic E-state index is 3.98. The van der Waals surface area contributed by atoms with Gasteiger partial charge in [-0.25, -0.2) is 0 Å². The number of aromatic nitrogens is 3. The Bertz CT molecular complexity index is 353. The molecule has 0 aliphatic carbocycles. The van der Waals surface area contributed by atoms with Crippen molar-refractivity contribution in [3.05, 3.63) is 48.0 Å². The van der Waals surface area contributed by atoms with Gasteiger partial charge >= 0.3 is 0 Å². The minimum absolute atomic E-state index is 0.352. The van der Waals surface area contributed by atoms with Crippen LogP contribution in [0.1, 0.15) is 24.1 Å². The van der Waals surface area contributed by atoms with Gasteiger partial charge in [0.1, 0.15) is 0 Å². The Hall–Kier alpha value is -1.64. The molecule has 2 aromatic rings. The molecule has 1 N–H and O–H groups in total. The van der Waals surface area contributed by atoms with Crippen molar-refractivity contribution >= 4 is 0 Å². The molecule has 0 aromatic carbocycles. The van der Waals surface area contributed by atoms with Crippen LogP contribution in [0.5, 0.6) is 0 Å². The molecule has 13 heavy (non-hydrogen) atoms. The number of hydrogen-bond donors (Lipinski definition) is 1. The second-order valence-corrected chi connectivity index (χ2v) is 3.01. The fourth-order valence-electron chi connectivity index (χ4n) is 1.34. The molecule has 0 amide bonds. The van der Waals surface area contributed by atoms with E-state index in [0.717, 1.165) is 5.69 Å². The SMILES string of the molecule is CC(c1ccncc1)c1ccn[nH]1. The van der Waals surface area contributed by atoms with Gasteiger partial charge in [-0.05, 0) is 23.8 Å². The predicted octanol–water partition coefficient (Wildman–Crippen LogP) is 1.96. The van der Waals surface area contributed by atoms with E-state index in [9.17, 15) is 0 Å². The summed E-state index contributed by atoms with van der Waals surface area (Å²) in [6.45, 7) is 2.14. The summed E-state index contributed by atoms with van der Waals surface area (Å²) in [7, 11) is 0. The van der Waals surface area contributed by atoms with E-state index in [4.69, 9.17) is 0 Å². The fraction of sp³-hybridized carbons (Fsp3) is 0.200. The van der Waals surface area contributed by atoms with Crippen LogP contribution in [0.3, 0.4) is 0 Å².